The molecule has 1 saturated heterocycles. The van der Waals surface area contributed by atoms with Gasteiger partial charge in [-0.15, -0.1) is 0 Å². The summed E-state index contributed by atoms with van der Waals surface area (Å²) in [6, 6.07) is 5.71. The quantitative estimate of drug-likeness (QED) is 0.745. The van der Waals surface area contributed by atoms with Crippen molar-refractivity contribution in [2.75, 3.05) is 31.1 Å². The molecule has 0 atom stereocenters. The van der Waals surface area contributed by atoms with Crippen LogP contribution in [0.1, 0.15) is 0 Å². The number of hydrogen-bond donors (Lipinski definition) is 1. The second-order valence-electron chi connectivity index (χ2n) is 4.91. The molecule has 0 aliphatic carbocycles. The summed E-state index contributed by atoms with van der Waals surface area (Å²) < 4.78 is 5.17. The molecule has 6 heteroatoms. The number of nitrogens with one attached hydrogen (secondary N) is 1. The van der Waals surface area contributed by atoms with Gasteiger partial charge in [-0.25, -0.2) is 4.98 Å². The molecule has 0 spiro atoms. The molecule has 0 unspecified atom stereocenters. The maximum absolute atomic E-state index is 6.08. The van der Waals surface area contributed by atoms with Crippen LogP contribution in [-0.4, -0.2) is 36.3 Å². The van der Waals surface area contributed by atoms with E-state index in [0.717, 1.165) is 53.8 Å². The summed E-state index contributed by atoms with van der Waals surface area (Å²) in [6.45, 7) is 3.77. The number of nitrogens with zero attached hydrogens (tertiary/aromatic N) is 3. The molecular weight excluding hydrogens is 276 g/mol. The van der Waals surface area contributed by atoms with E-state index in [1.54, 1.807) is 6.26 Å². The number of piperazine rings is 1. The molecule has 0 bridgehead atoms. The second-order valence-corrected chi connectivity index (χ2v) is 5.35. The highest BCUT2D eigenvalue weighted by molar-refractivity contribution is 6.31. The van der Waals surface area contributed by atoms with Gasteiger partial charge in [-0.3, -0.25) is 0 Å². The number of fused-ring (bicyclic) bond motifs is 3. The van der Waals surface area contributed by atoms with E-state index in [1.165, 1.54) is 0 Å². The molecule has 1 N–H and O–H groups in total. The average molecular weight is 289 g/mol. The van der Waals surface area contributed by atoms with Crippen LogP contribution in [0.4, 0.5) is 5.82 Å². The molecule has 0 saturated carbocycles. The van der Waals surface area contributed by atoms with Crippen LogP contribution in [0.25, 0.3) is 21.8 Å². The minimum Gasteiger partial charge on any atom is -0.363 e. The monoisotopic (exact) mass is 288 g/mol. The van der Waals surface area contributed by atoms with Crippen molar-refractivity contribution in [1.82, 2.24) is 15.5 Å². The molecule has 20 heavy (non-hydrogen) atoms. The molecule has 2 aromatic heterocycles. The Morgan fingerprint density at radius 2 is 2.05 bits per heavy atom. The summed E-state index contributed by atoms with van der Waals surface area (Å²) in [6.07, 6.45) is 1.67. The first kappa shape index (κ1) is 11.9. The predicted molar refractivity (Wildman–Crippen MR) is 79.4 cm³/mol. The van der Waals surface area contributed by atoms with Crippen LogP contribution in [0.2, 0.25) is 5.02 Å². The molecule has 4 rings (SSSR count). The Morgan fingerprint density at radius 3 is 2.90 bits per heavy atom. The minimum absolute atomic E-state index is 0.691. The third-order valence-electron chi connectivity index (χ3n) is 3.67. The van der Waals surface area contributed by atoms with E-state index < -0.39 is 0 Å². The fraction of sp³-hybridized carbons (Fsp3) is 0.286. The van der Waals surface area contributed by atoms with Gasteiger partial charge in [0.1, 0.15) is 6.26 Å². The zero-order valence-corrected chi connectivity index (χ0v) is 11.5. The molecule has 1 fully saturated rings. The highest BCUT2D eigenvalue weighted by Crippen LogP contribution is 2.32. The summed E-state index contributed by atoms with van der Waals surface area (Å²) in [4.78, 5) is 7.00. The number of rotatable bonds is 1. The van der Waals surface area contributed by atoms with Crippen LogP contribution >= 0.6 is 11.6 Å². The van der Waals surface area contributed by atoms with Crippen LogP contribution in [-0.2, 0) is 0 Å². The van der Waals surface area contributed by atoms with Crippen molar-refractivity contribution >= 4 is 39.2 Å². The Labute approximate surface area is 120 Å². The van der Waals surface area contributed by atoms with Gasteiger partial charge in [-0.2, -0.15) is 0 Å². The van der Waals surface area contributed by atoms with Crippen LogP contribution in [0.5, 0.6) is 0 Å². The lowest BCUT2D eigenvalue weighted by Crippen LogP contribution is -2.44. The lowest BCUT2D eigenvalue weighted by molar-refractivity contribution is 0.428. The van der Waals surface area contributed by atoms with E-state index in [1.807, 2.05) is 18.2 Å². The summed E-state index contributed by atoms with van der Waals surface area (Å²) in [5.41, 5.74) is 1.72. The maximum atomic E-state index is 6.08. The molecule has 3 heterocycles. The van der Waals surface area contributed by atoms with Crippen molar-refractivity contribution in [2.45, 2.75) is 0 Å². The summed E-state index contributed by atoms with van der Waals surface area (Å²) >= 11 is 6.08. The Morgan fingerprint density at radius 1 is 1.20 bits per heavy atom. The molecule has 102 valence electrons. The molecular formula is C14H13ClN4O. The summed E-state index contributed by atoms with van der Waals surface area (Å²) in [5, 5.41) is 10.1. The topological polar surface area (TPSA) is 54.2 Å². The van der Waals surface area contributed by atoms with Gasteiger partial charge in [-0.1, -0.05) is 16.8 Å². The average Bonchev–Trinajstić information content (AvgIpc) is 2.97. The number of aromatic nitrogens is 2. The van der Waals surface area contributed by atoms with Crippen molar-refractivity contribution in [3.63, 3.8) is 0 Å². The van der Waals surface area contributed by atoms with Crippen molar-refractivity contribution in [1.29, 1.82) is 0 Å². The second kappa shape index (κ2) is 4.61. The van der Waals surface area contributed by atoms with E-state index in [2.05, 4.69) is 15.4 Å². The minimum atomic E-state index is 0.691. The fourth-order valence-corrected chi connectivity index (χ4v) is 2.85. The summed E-state index contributed by atoms with van der Waals surface area (Å²) in [5.74, 6) is 0.894. The molecule has 1 aliphatic rings. The normalized spacial score (nSPS) is 16.1. The third-order valence-corrected chi connectivity index (χ3v) is 3.91. The van der Waals surface area contributed by atoms with E-state index in [-0.39, 0.29) is 0 Å². The van der Waals surface area contributed by atoms with Crippen LogP contribution in [0.15, 0.2) is 29.0 Å². The van der Waals surface area contributed by atoms with Gasteiger partial charge >= 0.3 is 0 Å². The SMILES string of the molecule is Clc1ccc2nc(N3CCNCC3)c3nocc3c2c1. The standard InChI is InChI=1S/C14H13ClN4O/c15-9-1-2-12-10(7-9)11-8-20-18-13(11)14(17-12)19-5-3-16-4-6-19/h1-2,7-8,16H,3-6H2. The number of benzene rings is 1. The number of anilines is 1. The van der Waals surface area contributed by atoms with Gasteiger partial charge in [0.2, 0.25) is 0 Å². The Hall–Kier alpha value is -1.85. The maximum Gasteiger partial charge on any atom is 0.159 e. The Bertz CT molecular complexity index is 779. The zero-order valence-electron chi connectivity index (χ0n) is 10.8. The van der Waals surface area contributed by atoms with Gasteiger partial charge in [0, 0.05) is 36.6 Å². The van der Waals surface area contributed by atoms with E-state index in [4.69, 9.17) is 21.1 Å². The Balaban J connectivity index is 1.99. The van der Waals surface area contributed by atoms with Crippen LogP contribution < -0.4 is 10.2 Å². The van der Waals surface area contributed by atoms with Crippen molar-refractivity contribution in [3.05, 3.63) is 29.5 Å². The molecule has 1 aromatic carbocycles. The highest BCUT2D eigenvalue weighted by Gasteiger charge is 2.19. The number of hydrogen-bond acceptors (Lipinski definition) is 5. The third kappa shape index (κ3) is 1.82. The first-order valence-corrected chi connectivity index (χ1v) is 7.00. The van der Waals surface area contributed by atoms with Gasteiger partial charge in [-0.05, 0) is 18.2 Å². The van der Waals surface area contributed by atoms with Crippen LogP contribution in [0, 0.1) is 0 Å². The fourth-order valence-electron chi connectivity index (χ4n) is 2.67. The summed E-state index contributed by atoms with van der Waals surface area (Å²) in [7, 11) is 0. The first-order chi connectivity index (χ1) is 9.83. The van der Waals surface area contributed by atoms with Gasteiger partial charge in [0.05, 0.1) is 10.9 Å². The molecule has 0 radical (unpaired) electrons. The lowest BCUT2D eigenvalue weighted by atomic mass is 10.1. The van der Waals surface area contributed by atoms with Gasteiger partial charge < -0.3 is 14.7 Å². The molecule has 1 aliphatic heterocycles. The van der Waals surface area contributed by atoms with Crippen LogP contribution in [0.3, 0.4) is 0 Å². The first-order valence-electron chi connectivity index (χ1n) is 6.62. The molecule has 0 amide bonds. The van der Waals surface area contributed by atoms with Gasteiger partial charge in [0.25, 0.3) is 0 Å². The van der Waals surface area contributed by atoms with E-state index >= 15 is 0 Å². The smallest absolute Gasteiger partial charge is 0.159 e. The molecule has 5 nitrogen and oxygen atoms in total. The lowest BCUT2D eigenvalue weighted by Gasteiger charge is -2.28. The highest BCUT2D eigenvalue weighted by atomic mass is 35.5. The predicted octanol–water partition coefficient (Wildman–Crippen LogP) is 2.44. The van der Waals surface area contributed by atoms with E-state index in [0.29, 0.717) is 5.02 Å². The molecule has 3 aromatic rings. The van der Waals surface area contributed by atoms with Crippen molar-refractivity contribution < 1.29 is 4.52 Å². The zero-order chi connectivity index (χ0) is 13.5. The number of halogens is 1. The van der Waals surface area contributed by atoms with Crippen molar-refractivity contribution in [2.24, 2.45) is 0 Å². The van der Waals surface area contributed by atoms with E-state index in [9.17, 15) is 0 Å². The largest absolute Gasteiger partial charge is 0.363 e. The Kier molecular flexibility index (Phi) is 2.75. The van der Waals surface area contributed by atoms with Crippen molar-refractivity contribution in [3.8, 4) is 0 Å². The van der Waals surface area contributed by atoms with Gasteiger partial charge in [0.15, 0.2) is 11.3 Å². The number of pyridine rings is 1.